The Kier molecular flexibility index (Phi) is 2.59. The lowest BCUT2D eigenvalue weighted by Gasteiger charge is -2.04. The molecule has 2 rings (SSSR count). The van der Waals surface area contributed by atoms with Crippen molar-refractivity contribution in [1.29, 1.82) is 0 Å². The van der Waals surface area contributed by atoms with Crippen LogP contribution >= 0.6 is 0 Å². The molecule has 0 unspecified atom stereocenters. The lowest BCUT2D eigenvalue weighted by atomic mass is 10.2. The lowest BCUT2D eigenvalue weighted by molar-refractivity contribution is 0.0723. The summed E-state index contributed by atoms with van der Waals surface area (Å²) in [6.45, 7) is 1.85. The van der Waals surface area contributed by atoms with E-state index in [1.165, 1.54) is 6.07 Å². The number of carbonyl (C=O) groups excluding carboxylic acids is 1. The summed E-state index contributed by atoms with van der Waals surface area (Å²) in [6.07, 6.45) is 0. The average Bonchev–Trinajstić information content (AvgIpc) is 2.68. The lowest BCUT2D eigenvalue weighted by Crippen LogP contribution is -2.09. The predicted molar refractivity (Wildman–Crippen MR) is 57.1 cm³/mol. The first-order valence-corrected chi connectivity index (χ1v) is 4.67. The summed E-state index contributed by atoms with van der Waals surface area (Å²) in [6, 6.07) is 8.52. The fraction of sp³-hybridized carbons (Fsp3) is 0.0909. The fourth-order valence-corrected chi connectivity index (χ4v) is 1.21. The summed E-state index contributed by atoms with van der Waals surface area (Å²) < 4.78 is 9.71. The number of nitrogens with two attached hydrogens (primary N) is 1. The quantitative estimate of drug-likeness (QED) is 0.614. The molecule has 16 heavy (non-hydrogen) atoms. The van der Waals surface area contributed by atoms with Gasteiger partial charge in [-0.25, -0.2) is 4.79 Å². The van der Waals surface area contributed by atoms with Crippen molar-refractivity contribution in [2.45, 2.75) is 6.92 Å². The number of aromatic nitrogens is 1. The summed E-state index contributed by atoms with van der Waals surface area (Å²) in [7, 11) is 0. The molecule has 1 aromatic carbocycles. The second kappa shape index (κ2) is 4.06. The zero-order chi connectivity index (χ0) is 11.5. The van der Waals surface area contributed by atoms with Crippen LogP contribution in [0.15, 0.2) is 34.9 Å². The topological polar surface area (TPSA) is 78.4 Å². The van der Waals surface area contributed by atoms with Gasteiger partial charge in [-0.1, -0.05) is 23.4 Å². The van der Waals surface area contributed by atoms with Gasteiger partial charge in [-0.05, 0) is 18.6 Å². The molecule has 82 valence electrons. The molecule has 0 atom stereocenters. The highest BCUT2D eigenvalue weighted by Gasteiger charge is 2.14. The molecule has 0 amide bonds. The maximum absolute atomic E-state index is 11.6. The Hall–Kier alpha value is -2.30. The first-order valence-electron chi connectivity index (χ1n) is 4.67. The number of ether oxygens (including phenoxy) is 1. The van der Waals surface area contributed by atoms with Gasteiger partial charge in [0.1, 0.15) is 5.75 Å². The van der Waals surface area contributed by atoms with Crippen LogP contribution in [-0.4, -0.2) is 11.1 Å². The van der Waals surface area contributed by atoms with Gasteiger partial charge in [-0.3, -0.25) is 0 Å². The molecule has 0 saturated carbocycles. The van der Waals surface area contributed by atoms with E-state index in [1.807, 2.05) is 19.1 Å². The number of benzene rings is 1. The van der Waals surface area contributed by atoms with Gasteiger partial charge in [0.2, 0.25) is 5.88 Å². The molecule has 2 aromatic rings. The molecule has 0 aliphatic heterocycles. The van der Waals surface area contributed by atoms with Crippen LogP contribution in [0.5, 0.6) is 5.75 Å². The van der Waals surface area contributed by atoms with Crippen LogP contribution in [0.1, 0.15) is 16.1 Å². The van der Waals surface area contributed by atoms with E-state index in [9.17, 15) is 4.79 Å². The van der Waals surface area contributed by atoms with Crippen molar-refractivity contribution in [2.24, 2.45) is 0 Å². The van der Waals surface area contributed by atoms with E-state index in [0.29, 0.717) is 5.75 Å². The van der Waals surface area contributed by atoms with Crippen LogP contribution in [0.4, 0.5) is 5.88 Å². The van der Waals surface area contributed by atoms with Gasteiger partial charge in [-0.2, -0.15) is 0 Å². The van der Waals surface area contributed by atoms with Gasteiger partial charge in [0.15, 0.2) is 5.69 Å². The van der Waals surface area contributed by atoms with Gasteiger partial charge < -0.3 is 15.0 Å². The highest BCUT2D eigenvalue weighted by molar-refractivity contribution is 5.89. The van der Waals surface area contributed by atoms with E-state index in [1.54, 1.807) is 12.1 Å². The van der Waals surface area contributed by atoms with E-state index in [2.05, 4.69) is 9.68 Å². The minimum Gasteiger partial charge on any atom is -0.421 e. The molecule has 2 N–H and O–H groups in total. The van der Waals surface area contributed by atoms with Crippen LogP contribution in [0.3, 0.4) is 0 Å². The minimum absolute atomic E-state index is 0.0563. The molecule has 0 bridgehead atoms. The number of nitrogens with zero attached hydrogens (tertiary/aromatic N) is 1. The predicted octanol–water partition coefficient (Wildman–Crippen LogP) is 1.78. The number of esters is 1. The van der Waals surface area contributed by atoms with Crippen LogP contribution < -0.4 is 10.5 Å². The second-order valence-electron chi connectivity index (χ2n) is 3.27. The third kappa shape index (κ3) is 2.03. The molecule has 5 heteroatoms. The smallest absolute Gasteiger partial charge is 0.366 e. The molecular formula is C11H10N2O3. The fourth-order valence-electron chi connectivity index (χ4n) is 1.21. The van der Waals surface area contributed by atoms with Crippen molar-refractivity contribution in [3.63, 3.8) is 0 Å². The highest BCUT2D eigenvalue weighted by Crippen LogP contribution is 2.18. The second-order valence-corrected chi connectivity index (χ2v) is 3.27. The third-order valence-corrected chi connectivity index (χ3v) is 2.03. The molecular weight excluding hydrogens is 208 g/mol. The highest BCUT2D eigenvalue weighted by atomic mass is 16.5. The van der Waals surface area contributed by atoms with Gasteiger partial charge in [0, 0.05) is 6.07 Å². The zero-order valence-corrected chi connectivity index (χ0v) is 8.64. The van der Waals surface area contributed by atoms with Crippen molar-refractivity contribution >= 4 is 11.9 Å². The van der Waals surface area contributed by atoms with Crippen LogP contribution in [0, 0.1) is 6.92 Å². The molecule has 0 saturated heterocycles. The average molecular weight is 218 g/mol. The van der Waals surface area contributed by atoms with Gasteiger partial charge in [0.25, 0.3) is 0 Å². The van der Waals surface area contributed by atoms with Gasteiger partial charge in [0.05, 0.1) is 0 Å². The molecule has 0 spiro atoms. The van der Waals surface area contributed by atoms with Crippen molar-refractivity contribution in [3.8, 4) is 5.75 Å². The van der Waals surface area contributed by atoms with E-state index >= 15 is 0 Å². The Balaban J connectivity index is 2.17. The number of nitrogen functional groups attached to an aromatic ring is 1. The van der Waals surface area contributed by atoms with Crippen LogP contribution in [0.25, 0.3) is 0 Å². The van der Waals surface area contributed by atoms with E-state index in [-0.39, 0.29) is 11.6 Å². The van der Waals surface area contributed by atoms with Crippen LogP contribution in [0.2, 0.25) is 0 Å². The Bertz CT molecular complexity index is 519. The molecule has 0 radical (unpaired) electrons. The number of hydrogen-bond donors (Lipinski definition) is 1. The normalized spacial score (nSPS) is 10.1. The maximum atomic E-state index is 11.6. The van der Waals surface area contributed by atoms with Gasteiger partial charge in [-0.15, -0.1) is 0 Å². The molecule has 1 aromatic heterocycles. The third-order valence-electron chi connectivity index (χ3n) is 2.03. The Morgan fingerprint density at radius 2 is 2.19 bits per heavy atom. The van der Waals surface area contributed by atoms with Crippen molar-refractivity contribution < 1.29 is 14.1 Å². The largest absolute Gasteiger partial charge is 0.421 e. The number of carbonyl (C=O) groups is 1. The number of para-hydroxylation sites is 1. The summed E-state index contributed by atoms with van der Waals surface area (Å²) in [5, 5.41) is 3.47. The van der Waals surface area contributed by atoms with Crippen molar-refractivity contribution in [2.75, 3.05) is 5.73 Å². The van der Waals surface area contributed by atoms with Crippen molar-refractivity contribution in [3.05, 3.63) is 41.6 Å². The number of rotatable bonds is 2. The van der Waals surface area contributed by atoms with Crippen LogP contribution in [-0.2, 0) is 0 Å². The summed E-state index contributed by atoms with van der Waals surface area (Å²) in [5.74, 6) is -0.0134. The minimum atomic E-state index is -0.588. The molecule has 0 aliphatic rings. The van der Waals surface area contributed by atoms with E-state index < -0.39 is 5.97 Å². The molecule has 5 nitrogen and oxygen atoms in total. The molecule has 1 heterocycles. The SMILES string of the molecule is Cc1ccccc1OC(=O)c1cc(N)on1. The Morgan fingerprint density at radius 1 is 1.44 bits per heavy atom. The van der Waals surface area contributed by atoms with Crippen molar-refractivity contribution in [1.82, 2.24) is 5.16 Å². The number of anilines is 1. The first-order chi connectivity index (χ1) is 7.66. The first kappa shape index (κ1) is 10.2. The monoisotopic (exact) mass is 218 g/mol. The molecule has 0 aliphatic carbocycles. The Labute approximate surface area is 91.8 Å². The summed E-state index contributed by atoms with van der Waals surface area (Å²) >= 11 is 0. The summed E-state index contributed by atoms with van der Waals surface area (Å²) in [5.41, 5.74) is 6.23. The zero-order valence-electron chi connectivity index (χ0n) is 8.64. The number of aryl methyl sites for hydroxylation is 1. The number of hydrogen-bond acceptors (Lipinski definition) is 5. The van der Waals surface area contributed by atoms with Gasteiger partial charge >= 0.3 is 5.97 Å². The standard InChI is InChI=1S/C11H10N2O3/c1-7-4-2-3-5-9(7)15-11(14)8-6-10(12)16-13-8/h2-6H,12H2,1H3. The molecule has 0 fully saturated rings. The maximum Gasteiger partial charge on any atom is 0.366 e. The van der Waals surface area contributed by atoms with E-state index in [4.69, 9.17) is 10.5 Å². The van der Waals surface area contributed by atoms with E-state index in [0.717, 1.165) is 5.56 Å². The summed E-state index contributed by atoms with van der Waals surface area (Å²) in [4.78, 5) is 11.6. The Morgan fingerprint density at radius 3 is 2.81 bits per heavy atom.